The van der Waals surface area contributed by atoms with Gasteiger partial charge in [-0.15, -0.1) is 0 Å². The highest BCUT2D eigenvalue weighted by molar-refractivity contribution is 14.1. The maximum atomic E-state index is 12.5. The summed E-state index contributed by atoms with van der Waals surface area (Å²) in [7, 11) is 0. The van der Waals surface area contributed by atoms with Crippen molar-refractivity contribution >= 4 is 28.5 Å². The van der Waals surface area contributed by atoms with Crippen molar-refractivity contribution in [3.05, 3.63) is 63.7 Å². The standard InChI is InChI=1S/C19H21IN2O2/c20-17-6-4-5-16(15-17)19(23)22-11-9-21(10-12-22)13-14-24-18-7-2-1-3-8-18/h1-8,15H,9-14H2. The van der Waals surface area contributed by atoms with Crippen LogP contribution in [0, 0.1) is 3.57 Å². The van der Waals surface area contributed by atoms with Crippen molar-refractivity contribution < 1.29 is 9.53 Å². The number of ether oxygens (including phenoxy) is 1. The van der Waals surface area contributed by atoms with Crippen molar-refractivity contribution in [3.63, 3.8) is 0 Å². The topological polar surface area (TPSA) is 32.8 Å². The number of amides is 1. The van der Waals surface area contributed by atoms with E-state index in [4.69, 9.17) is 4.74 Å². The summed E-state index contributed by atoms with van der Waals surface area (Å²) in [6.07, 6.45) is 0. The van der Waals surface area contributed by atoms with E-state index in [-0.39, 0.29) is 5.91 Å². The molecule has 1 saturated heterocycles. The van der Waals surface area contributed by atoms with Gasteiger partial charge < -0.3 is 9.64 Å². The molecule has 5 heteroatoms. The first-order valence-corrected chi connectivity index (χ1v) is 9.25. The average Bonchev–Trinajstić information content (AvgIpc) is 2.63. The molecule has 1 heterocycles. The second-order valence-corrected chi connectivity index (χ2v) is 7.05. The number of nitrogens with zero attached hydrogens (tertiary/aromatic N) is 2. The third-order valence-electron chi connectivity index (χ3n) is 4.15. The molecule has 0 bridgehead atoms. The lowest BCUT2D eigenvalue weighted by Gasteiger charge is -2.34. The third-order valence-corrected chi connectivity index (χ3v) is 4.82. The van der Waals surface area contributed by atoms with Crippen molar-refractivity contribution in [1.29, 1.82) is 0 Å². The summed E-state index contributed by atoms with van der Waals surface area (Å²) in [6, 6.07) is 17.7. The first-order chi connectivity index (χ1) is 11.7. The summed E-state index contributed by atoms with van der Waals surface area (Å²) in [5.41, 5.74) is 0.780. The summed E-state index contributed by atoms with van der Waals surface area (Å²) >= 11 is 2.24. The van der Waals surface area contributed by atoms with E-state index < -0.39 is 0 Å². The Hall–Kier alpha value is -1.60. The van der Waals surface area contributed by atoms with Gasteiger partial charge in [0.15, 0.2) is 0 Å². The molecule has 1 fully saturated rings. The zero-order valence-corrected chi connectivity index (χ0v) is 15.7. The molecule has 0 saturated carbocycles. The number of halogens is 1. The van der Waals surface area contributed by atoms with Gasteiger partial charge in [-0.1, -0.05) is 24.3 Å². The number of benzene rings is 2. The summed E-state index contributed by atoms with van der Waals surface area (Å²) < 4.78 is 6.84. The predicted octanol–water partition coefficient (Wildman–Crippen LogP) is 3.13. The van der Waals surface area contributed by atoms with E-state index in [0.29, 0.717) is 6.61 Å². The fraction of sp³-hybridized carbons (Fsp3) is 0.316. The zero-order chi connectivity index (χ0) is 16.8. The Balaban J connectivity index is 1.43. The van der Waals surface area contributed by atoms with Gasteiger partial charge in [0.25, 0.3) is 5.91 Å². The number of para-hydroxylation sites is 1. The fourth-order valence-corrected chi connectivity index (χ4v) is 3.33. The highest BCUT2D eigenvalue weighted by Gasteiger charge is 2.22. The molecule has 126 valence electrons. The Labute approximate surface area is 156 Å². The van der Waals surface area contributed by atoms with Gasteiger partial charge in [-0.2, -0.15) is 0 Å². The fourth-order valence-electron chi connectivity index (χ4n) is 2.79. The van der Waals surface area contributed by atoms with Crippen LogP contribution >= 0.6 is 22.6 Å². The van der Waals surface area contributed by atoms with E-state index in [0.717, 1.165) is 47.6 Å². The van der Waals surface area contributed by atoms with Crippen molar-refractivity contribution in [2.75, 3.05) is 39.3 Å². The van der Waals surface area contributed by atoms with Gasteiger partial charge in [0.1, 0.15) is 12.4 Å². The molecule has 0 aromatic heterocycles. The number of carbonyl (C=O) groups excluding carboxylic acids is 1. The molecule has 2 aromatic carbocycles. The van der Waals surface area contributed by atoms with Crippen LogP contribution in [0.25, 0.3) is 0 Å². The maximum absolute atomic E-state index is 12.5. The number of piperazine rings is 1. The third kappa shape index (κ3) is 4.70. The van der Waals surface area contributed by atoms with Crippen LogP contribution in [0.1, 0.15) is 10.4 Å². The molecule has 0 radical (unpaired) electrons. The van der Waals surface area contributed by atoms with Gasteiger partial charge in [-0.05, 0) is 52.9 Å². The minimum atomic E-state index is 0.133. The van der Waals surface area contributed by atoms with Crippen LogP contribution in [0.15, 0.2) is 54.6 Å². The van der Waals surface area contributed by atoms with Crippen molar-refractivity contribution in [1.82, 2.24) is 9.80 Å². The lowest BCUT2D eigenvalue weighted by Crippen LogP contribution is -2.49. The van der Waals surface area contributed by atoms with E-state index in [2.05, 4.69) is 27.5 Å². The van der Waals surface area contributed by atoms with Gasteiger partial charge in [-0.25, -0.2) is 0 Å². The van der Waals surface area contributed by atoms with Crippen molar-refractivity contribution in [2.45, 2.75) is 0 Å². The first-order valence-electron chi connectivity index (χ1n) is 8.17. The summed E-state index contributed by atoms with van der Waals surface area (Å²) in [6.45, 7) is 4.90. The molecule has 0 N–H and O–H groups in total. The molecular formula is C19H21IN2O2. The Morgan fingerprint density at radius 2 is 1.75 bits per heavy atom. The van der Waals surface area contributed by atoms with Crippen LogP contribution in [-0.2, 0) is 0 Å². The Kier molecular flexibility index (Phi) is 6.09. The first kappa shape index (κ1) is 17.2. The van der Waals surface area contributed by atoms with Crippen molar-refractivity contribution in [2.24, 2.45) is 0 Å². The second-order valence-electron chi connectivity index (χ2n) is 5.81. The largest absolute Gasteiger partial charge is 0.492 e. The molecule has 1 amide bonds. The second kappa shape index (κ2) is 8.48. The molecule has 0 aliphatic carbocycles. The highest BCUT2D eigenvalue weighted by Crippen LogP contribution is 2.13. The van der Waals surface area contributed by atoms with Crippen LogP contribution in [0.2, 0.25) is 0 Å². The number of carbonyl (C=O) groups is 1. The van der Waals surface area contributed by atoms with E-state index in [9.17, 15) is 4.79 Å². The minimum absolute atomic E-state index is 0.133. The monoisotopic (exact) mass is 436 g/mol. The highest BCUT2D eigenvalue weighted by atomic mass is 127. The number of hydrogen-bond acceptors (Lipinski definition) is 3. The zero-order valence-electron chi connectivity index (χ0n) is 13.5. The van der Waals surface area contributed by atoms with Crippen LogP contribution in [0.5, 0.6) is 5.75 Å². The van der Waals surface area contributed by atoms with E-state index >= 15 is 0 Å². The van der Waals surface area contributed by atoms with Crippen LogP contribution in [0.3, 0.4) is 0 Å². The lowest BCUT2D eigenvalue weighted by molar-refractivity contribution is 0.0620. The molecule has 24 heavy (non-hydrogen) atoms. The molecule has 1 aliphatic heterocycles. The normalized spacial score (nSPS) is 15.3. The van der Waals surface area contributed by atoms with E-state index in [1.165, 1.54) is 0 Å². The van der Waals surface area contributed by atoms with Gasteiger partial charge in [-0.3, -0.25) is 9.69 Å². The summed E-state index contributed by atoms with van der Waals surface area (Å²) in [5.74, 6) is 1.04. The maximum Gasteiger partial charge on any atom is 0.253 e. The smallest absolute Gasteiger partial charge is 0.253 e. The van der Waals surface area contributed by atoms with Crippen molar-refractivity contribution in [3.8, 4) is 5.75 Å². The minimum Gasteiger partial charge on any atom is -0.492 e. The Bertz CT molecular complexity index is 670. The van der Waals surface area contributed by atoms with Gasteiger partial charge in [0, 0.05) is 41.9 Å². The molecular weight excluding hydrogens is 415 g/mol. The van der Waals surface area contributed by atoms with Crippen LogP contribution in [-0.4, -0.2) is 55.0 Å². The molecule has 1 aliphatic rings. The summed E-state index contributed by atoms with van der Waals surface area (Å²) in [4.78, 5) is 16.8. The average molecular weight is 436 g/mol. The molecule has 0 unspecified atom stereocenters. The Morgan fingerprint density at radius 3 is 2.46 bits per heavy atom. The van der Waals surface area contributed by atoms with E-state index in [1.807, 2.05) is 59.5 Å². The number of hydrogen-bond donors (Lipinski definition) is 0. The van der Waals surface area contributed by atoms with Gasteiger partial charge >= 0.3 is 0 Å². The van der Waals surface area contributed by atoms with E-state index in [1.54, 1.807) is 0 Å². The lowest BCUT2D eigenvalue weighted by atomic mass is 10.2. The number of rotatable bonds is 5. The molecule has 4 nitrogen and oxygen atoms in total. The SMILES string of the molecule is O=C(c1cccc(I)c1)N1CCN(CCOc2ccccc2)CC1. The summed E-state index contributed by atoms with van der Waals surface area (Å²) in [5, 5.41) is 0. The predicted molar refractivity (Wildman–Crippen MR) is 103 cm³/mol. The quantitative estimate of drug-likeness (QED) is 0.676. The molecule has 3 rings (SSSR count). The van der Waals surface area contributed by atoms with Gasteiger partial charge in [0.05, 0.1) is 0 Å². The van der Waals surface area contributed by atoms with Crippen LogP contribution in [0.4, 0.5) is 0 Å². The Morgan fingerprint density at radius 1 is 1.00 bits per heavy atom. The molecule has 2 aromatic rings. The molecule has 0 atom stereocenters. The van der Waals surface area contributed by atoms with Gasteiger partial charge in [0.2, 0.25) is 0 Å². The van der Waals surface area contributed by atoms with Crippen LogP contribution < -0.4 is 4.74 Å². The molecule has 0 spiro atoms.